The molecule has 5 rings (SSSR count). The van der Waals surface area contributed by atoms with Crippen molar-refractivity contribution in [3.63, 3.8) is 0 Å². The second kappa shape index (κ2) is 9.42. The molecule has 0 aliphatic carbocycles. The number of fused-ring (bicyclic) bond motifs is 1. The van der Waals surface area contributed by atoms with E-state index in [0.29, 0.717) is 54.4 Å². The summed E-state index contributed by atoms with van der Waals surface area (Å²) in [4.78, 5) is 34.1. The number of hydrogen-bond acceptors (Lipinski definition) is 7. The number of piperidine rings is 1. The number of likely N-dealkylation sites (tertiary alicyclic amines) is 1. The largest absolute Gasteiger partial charge is 0.444 e. The van der Waals surface area contributed by atoms with Crippen LogP contribution in [0.3, 0.4) is 0 Å². The number of amides is 1. The number of carbonyl (C=O) groups excluding carboxylic acids is 1. The van der Waals surface area contributed by atoms with Crippen molar-refractivity contribution in [2.75, 3.05) is 13.1 Å². The van der Waals surface area contributed by atoms with E-state index in [1.807, 2.05) is 45.0 Å². The maximum absolute atomic E-state index is 12.6. The zero-order valence-corrected chi connectivity index (χ0v) is 21.1. The van der Waals surface area contributed by atoms with Crippen molar-refractivity contribution < 1.29 is 14.1 Å². The van der Waals surface area contributed by atoms with Gasteiger partial charge < -0.3 is 19.1 Å². The van der Waals surface area contributed by atoms with Gasteiger partial charge >= 0.3 is 6.09 Å². The van der Waals surface area contributed by atoms with Gasteiger partial charge in [-0.25, -0.2) is 9.31 Å². The van der Waals surface area contributed by atoms with E-state index < -0.39 is 5.60 Å². The molecular formula is C25H27ClN6O4. The zero-order chi connectivity index (χ0) is 25.4. The Labute approximate surface area is 212 Å². The summed E-state index contributed by atoms with van der Waals surface area (Å²) in [6.07, 6.45) is 3.09. The lowest BCUT2D eigenvalue weighted by Gasteiger charge is -2.33. The highest BCUT2D eigenvalue weighted by molar-refractivity contribution is 6.31. The summed E-state index contributed by atoms with van der Waals surface area (Å²) in [7, 11) is 0. The quantitative estimate of drug-likeness (QED) is 0.431. The number of H-pyrrole nitrogens is 1. The van der Waals surface area contributed by atoms with Crippen molar-refractivity contribution in [3.8, 4) is 11.5 Å². The molecule has 1 aliphatic rings. The van der Waals surface area contributed by atoms with Crippen molar-refractivity contribution in [2.45, 2.75) is 51.6 Å². The molecule has 0 bridgehead atoms. The first-order chi connectivity index (χ1) is 17.2. The zero-order valence-electron chi connectivity index (χ0n) is 20.3. The van der Waals surface area contributed by atoms with Gasteiger partial charge in [0, 0.05) is 36.5 Å². The Balaban J connectivity index is 1.37. The van der Waals surface area contributed by atoms with Gasteiger partial charge in [0.15, 0.2) is 5.82 Å². The molecule has 1 N–H and O–H groups in total. The Hall–Kier alpha value is -3.66. The molecule has 11 heteroatoms. The Morgan fingerprint density at radius 1 is 1.25 bits per heavy atom. The number of aromatic amines is 1. The minimum atomic E-state index is -0.541. The molecule has 0 unspecified atom stereocenters. The normalized spacial score (nSPS) is 14.9. The van der Waals surface area contributed by atoms with Crippen LogP contribution in [-0.2, 0) is 11.2 Å². The van der Waals surface area contributed by atoms with Crippen LogP contribution < -0.4 is 5.56 Å². The summed E-state index contributed by atoms with van der Waals surface area (Å²) in [6.45, 7) is 6.63. The van der Waals surface area contributed by atoms with Gasteiger partial charge in [-0.2, -0.15) is 10.1 Å². The minimum absolute atomic E-state index is 0.0553. The van der Waals surface area contributed by atoms with Gasteiger partial charge in [0.25, 0.3) is 11.4 Å². The molecule has 0 spiro atoms. The lowest BCUT2D eigenvalue weighted by Crippen LogP contribution is -2.41. The molecular weight excluding hydrogens is 484 g/mol. The average molecular weight is 511 g/mol. The van der Waals surface area contributed by atoms with Gasteiger partial charge in [-0.15, -0.1) is 0 Å². The second-order valence-corrected chi connectivity index (χ2v) is 10.3. The highest BCUT2D eigenvalue weighted by Gasteiger charge is 2.29. The number of ether oxygens (including phenoxy) is 1. The minimum Gasteiger partial charge on any atom is -0.444 e. The van der Waals surface area contributed by atoms with E-state index >= 15 is 0 Å². The van der Waals surface area contributed by atoms with Crippen LogP contribution in [0, 0.1) is 0 Å². The number of nitrogens with zero attached hydrogens (tertiary/aromatic N) is 5. The Kier molecular flexibility index (Phi) is 6.29. The predicted molar refractivity (Wildman–Crippen MR) is 133 cm³/mol. The molecule has 1 saturated heterocycles. The smallest absolute Gasteiger partial charge is 0.410 e. The average Bonchev–Trinajstić information content (AvgIpc) is 3.46. The lowest BCUT2D eigenvalue weighted by molar-refractivity contribution is 0.0203. The summed E-state index contributed by atoms with van der Waals surface area (Å²) in [5, 5.41) is 9.22. The van der Waals surface area contributed by atoms with Crippen LogP contribution >= 0.6 is 11.6 Å². The molecule has 188 valence electrons. The van der Waals surface area contributed by atoms with E-state index in [-0.39, 0.29) is 23.5 Å². The van der Waals surface area contributed by atoms with Gasteiger partial charge in [0.2, 0.25) is 0 Å². The van der Waals surface area contributed by atoms with Gasteiger partial charge in [-0.1, -0.05) is 35.0 Å². The molecule has 1 fully saturated rings. The van der Waals surface area contributed by atoms with E-state index in [1.165, 1.54) is 0 Å². The predicted octanol–water partition coefficient (Wildman–Crippen LogP) is 4.43. The van der Waals surface area contributed by atoms with E-state index in [4.69, 9.17) is 20.9 Å². The first-order valence-corrected chi connectivity index (χ1v) is 12.2. The fraction of sp³-hybridized carbons (Fsp3) is 0.400. The summed E-state index contributed by atoms with van der Waals surface area (Å²) in [6, 6.07) is 9.05. The number of rotatable bonds is 4. The summed E-state index contributed by atoms with van der Waals surface area (Å²) in [5.41, 5.74) is 1.91. The second-order valence-electron chi connectivity index (χ2n) is 9.90. The SMILES string of the molecule is CC(C)(C)OC(=O)N1CCC(c2cc(=O)[nH]c3c(-c4nc(Cc5ccccc5Cl)no4)cnn23)CC1. The van der Waals surface area contributed by atoms with Gasteiger partial charge in [0.1, 0.15) is 16.8 Å². The topological polar surface area (TPSA) is 119 Å². The lowest BCUT2D eigenvalue weighted by atomic mass is 9.93. The van der Waals surface area contributed by atoms with Crippen molar-refractivity contribution in [1.29, 1.82) is 0 Å². The Morgan fingerprint density at radius 3 is 2.72 bits per heavy atom. The van der Waals surface area contributed by atoms with E-state index in [1.54, 1.807) is 21.7 Å². The standard InChI is InChI=1S/C25H27ClN6O4/c1-25(2,3)35-24(34)31-10-8-15(9-11-31)19-13-21(33)29-22-17(14-27-32(19)22)23-28-20(30-36-23)12-16-6-4-5-7-18(16)26/h4-7,13-15H,8-12H2,1-3H3,(H,29,33). The van der Waals surface area contributed by atoms with Gasteiger partial charge in [-0.05, 0) is 45.2 Å². The molecule has 36 heavy (non-hydrogen) atoms. The van der Waals surface area contributed by atoms with Crippen molar-refractivity contribution in [2.24, 2.45) is 0 Å². The Bertz CT molecular complexity index is 1460. The third kappa shape index (κ3) is 4.99. The molecule has 0 atom stereocenters. The van der Waals surface area contributed by atoms with Crippen LogP contribution in [0.1, 0.15) is 56.6 Å². The van der Waals surface area contributed by atoms with Crippen molar-refractivity contribution >= 4 is 23.3 Å². The van der Waals surface area contributed by atoms with Gasteiger partial charge in [-0.3, -0.25) is 4.79 Å². The maximum atomic E-state index is 12.6. The molecule has 1 aromatic carbocycles. The molecule has 0 saturated carbocycles. The summed E-state index contributed by atoms with van der Waals surface area (Å²) >= 11 is 6.25. The van der Waals surface area contributed by atoms with Crippen LogP contribution in [-0.4, -0.2) is 54.4 Å². The summed E-state index contributed by atoms with van der Waals surface area (Å²) < 4.78 is 12.7. The third-order valence-corrected chi connectivity index (χ3v) is 6.47. The molecule has 4 aromatic rings. The molecule has 4 heterocycles. The first-order valence-electron chi connectivity index (χ1n) is 11.8. The number of halogens is 1. The maximum Gasteiger partial charge on any atom is 0.410 e. The van der Waals surface area contributed by atoms with Crippen LogP contribution in [0.4, 0.5) is 4.79 Å². The van der Waals surface area contributed by atoms with Crippen molar-refractivity contribution in [1.82, 2.24) is 29.6 Å². The first kappa shape index (κ1) is 24.1. The van der Waals surface area contributed by atoms with Gasteiger partial charge in [0.05, 0.1) is 11.9 Å². The summed E-state index contributed by atoms with van der Waals surface area (Å²) in [5.74, 6) is 0.796. The highest BCUT2D eigenvalue weighted by Crippen LogP contribution is 2.30. The van der Waals surface area contributed by atoms with Crippen LogP contribution in [0.2, 0.25) is 5.02 Å². The van der Waals surface area contributed by atoms with E-state index in [0.717, 1.165) is 11.3 Å². The molecule has 10 nitrogen and oxygen atoms in total. The number of hydrogen-bond donors (Lipinski definition) is 1. The van der Waals surface area contributed by atoms with Crippen LogP contribution in [0.15, 0.2) is 45.8 Å². The van der Waals surface area contributed by atoms with Crippen molar-refractivity contribution in [3.05, 3.63) is 69.0 Å². The molecule has 0 radical (unpaired) electrons. The number of aromatic nitrogens is 5. The van der Waals surface area contributed by atoms with E-state index in [2.05, 4.69) is 20.2 Å². The van der Waals surface area contributed by atoms with E-state index in [9.17, 15) is 9.59 Å². The molecule has 1 amide bonds. The number of benzene rings is 1. The third-order valence-electron chi connectivity index (χ3n) is 6.10. The highest BCUT2D eigenvalue weighted by atomic mass is 35.5. The van der Waals surface area contributed by atoms with Crippen LogP contribution in [0.5, 0.6) is 0 Å². The fourth-order valence-corrected chi connectivity index (χ4v) is 4.59. The fourth-order valence-electron chi connectivity index (χ4n) is 4.39. The number of carbonyl (C=O) groups is 1. The molecule has 3 aromatic heterocycles. The van der Waals surface area contributed by atoms with Crippen LogP contribution in [0.25, 0.3) is 17.1 Å². The molecule has 1 aliphatic heterocycles. The Morgan fingerprint density at radius 2 is 2.00 bits per heavy atom. The monoisotopic (exact) mass is 510 g/mol. The number of nitrogens with one attached hydrogen (secondary N) is 1.